The second-order valence-electron chi connectivity index (χ2n) is 5.03. The monoisotopic (exact) mass is 393 g/mol. The Morgan fingerprint density at radius 3 is 2.81 bits per heavy atom. The fraction of sp³-hybridized carbons (Fsp3) is 0.118. The average molecular weight is 393 g/mol. The molecule has 0 aliphatic heterocycles. The highest BCUT2D eigenvalue weighted by molar-refractivity contribution is 8.01. The van der Waals surface area contributed by atoms with Crippen molar-refractivity contribution in [2.75, 3.05) is 18.2 Å². The second kappa shape index (κ2) is 8.24. The number of halogens is 2. The van der Waals surface area contributed by atoms with Gasteiger partial charge < -0.3 is 10.1 Å². The van der Waals surface area contributed by atoms with Gasteiger partial charge in [0.25, 0.3) is 0 Å². The molecule has 1 heterocycles. The standard InChI is InChI=1S/C17H13F2N3O2S2/c1-24-15-7-6-10(18)8-11(15)14(23)9-25-17-22-21-16(26-17)20-13-5-3-2-4-12(13)19/h2-8H,9H2,1H3,(H,20,21). The van der Waals surface area contributed by atoms with E-state index in [-0.39, 0.29) is 17.1 Å². The highest BCUT2D eigenvalue weighted by Crippen LogP contribution is 2.30. The largest absolute Gasteiger partial charge is 0.496 e. The summed E-state index contributed by atoms with van der Waals surface area (Å²) in [6, 6.07) is 10.0. The highest BCUT2D eigenvalue weighted by atomic mass is 32.2. The normalized spacial score (nSPS) is 10.6. The van der Waals surface area contributed by atoms with Crippen molar-refractivity contribution in [1.82, 2.24) is 10.2 Å². The summed E-state index contributed by atoms with van der Waals surface area (Å²) >= 11 is 2.36. The van der Waals surface area contributed by atoms with Crippen molar-refractivity contribution in [2.24, 2.45) is 0 Å². The number of ether oxygens (including phenoxy) is 1. The smallest absolute Gasteiger partial charge is 0.210 e. The molecule has 0 fully saturated rings. The summed E-state index contributed by atoms with van der Waals surface area (Å²) in [5.41, 5.74) is 0.468. The van der Waals surface area contributed by atoms with Crippen LogP contribution in [0.5, 0.6) is 5.75 Å². The Hall–Kier alpha value is -2.52. The SMILES string of the molecule is COc1ccc(F)cc1C(=O)CSc1nnc(Nc2ccccc2F)s1. The van der Waals surface area contributed by atoms with Crippen LogP contribution in [-0.2, 0) is 0 Å². The number of carbonyl (C=O) groups excluding carboxylic acids is 1. The number of carbonyl (C=O) groups is 1. The molecule has 1 N–H and O–H groups in total. The molecule has 0 radical (unpaired) electrons. The third-order valence-corrected chi connectivity index (χ3v) is 5.28. The number of anilines is 2. The fourth-order valence-electron chi connectivity index (χ4n) is 2.10. The van der Waals surface area contributed by atoms with Gasteiger partial charge in [-0.05, 0) is 30.3 Å². The van der Waals surface area contributed by atoms with Gasteiger partial charge >= 0.3 is 0 Å². The van der Waals surface area contributed by atoms with E-state index in [4.69, 9.17) is 4.74 Å². The number of Topliss-reactive ketones (excluding diaryl/α,β-unsaturated/α-hetero) is 1. The zero-order valence-corrected chi connectivity index (χ0v) is 15.2. The maximum Gasteiger partial charge on any atom is 0.210 e. The Balaban J connectivity index is 1.64. The lowest BCUT2D eigenvalue weighted by atomic mass is 10.1. The van der Waals surface area contributed by atoms with Crippen LogP contribution in [0.25, 0.3) is 0 Å². The molecule has 134 valence electrons. The van der Waals surface area contributed by atoms with Crippen LogP contribution < -0.4 is 10.1 Å². The minimum atomic E-state index is -0.508. The maximum atomic E-state index is 13.6. The summed E-state index contributed by atoms with van der Waals surface area (Å²) in [6.07, 6.45) is 0. The van der Waals surface area contributed by atoms with E-state index < -0.39 is 11.6 Å². The predicted octanol–water partition coefficient (Wildman–Crippen LogP) is 4.54. The molecule has 0 unspecified atom stereocenters. The number of hydrogen-bond donors (Lipinski definition) is 1. The van der Waals surface area contributed by atoms with Crippen LogP contribution in [-0.4, -0.2) is 28.8 Å². The molecule has 3 rings (SSSR count). The summed E-state index contributed by atoms with van der Waals surface area (Å²) in [5.74, 6) is -0.827. The van der Waals surface area contributed by atoms with Crippen LogP contribution in [0.4, 0.5) is 19.6 Å². The van der Waals surface area contributed by atoms with E-state index in [1.165, 1.54) is 48.4 Å². The lowest BCUT2D eigenvalue weighted by molar-refractivity contribution is 0.101. The van der Waals surface area contributed by atoms with Crippen molar-refractivity contribution >= 4 is 39.7 Å². The quantitative estimate of drug-likeness (QED) is 0.470. The summed E-state index contributed by atoms with van der Waals surface area (Å²) in [4.78, 5) is 12.3. The van der Waals surface area contributed by atoms with E-state index >= 15 is 0 Å². The van der Waals surface area contributed by atoms with Gasteiger partial charge in [-0.2, -0.15) is 0 Å². The second-order valence-corrected chi connectivity index (χ2v) is 7.23. The minimum Gasteiger partial charge on any atom is -0.496 e. The van der Waals surface area contributed by atoms with Gasteiger partial charge in [0.1, 0.15) is 17.4 Å². The number of aromatic nitrogens is 2. The molecule has 0 atom stereocenters. The molecule has 5 nitrogen and oxygen atoms in total. The average Bonchev–Trinajstić information content (AvgIpc) is 3.09. The zero-order valence-electron chi connectivity index (χ0n) is 13.5. The molecule has 26 heavy (non-hydrogen) atoms. The topological polar surface area (TPSA) is 64.1 Å². The maximum absolute atomic E-state index is 13.6. The number of rotatable bonds is 7. The van der Waals surface area contributed by atoms with E-state index in [1.54, 1.807) is 18.2 Å². The van der Waals surface area contributed by atoms with Crippen molar-refractivity contribution in [3.05, 3.63) is 59.7 Å². The number of benzene rings is 2. The molecule has 0 bridgehead atoms. The number of thioether (sulfide) groups is 1. The third kappa shape index (κ3) is 4.36. The molecular formula is C17H13F2N3O2S2. The Morgan fingerprint density at radius 2 is 2.04 bits per heavy atom. The summed E-state index contributed by atoms with van der Waals surface area (Å²) < 4.78 is 32.6. The van der Waals surface area contributed by atoms with Gasteiger partial charge in [0.2, 0.25) is 5.13 Å². The number of nitrogens with zero attached hydrogens (tertiary/aromatic N) is 2. The number of ketones is 1. The fourth-order valence-corrected chi connectivity index (χ4v) is 3.75. The molecule has 2 aromatic carbocycles. The summed E-state index contributed by atoms with van der Waals surface area (Å²) in [6.45, 7) is 0. The van der Waals surface area contributed by atoms with Gasteiger partial charge in [0.05, 0.1) is 24.1 Å². The molecular weight excluding hydrogens is 380 g/mol. The van der Waals surface area contributed by atoms with Gasteiger partial charge in [-0.25, -0.2) is 8.78 Å². The van der Waals surface area contributed by atoms with Crippen LogP contribution in [0.1, 0.15) is 10.4 Å². The molecule has 0 aliphatic carbocycles. The van der Waals surface area contributed by atoms with Gasteiger partial charge in [0.15, 0.2) is 10.1 Å². The first kappa shape index (κ1) is 18.3. The van der Waals surface area contributed by atoms with Gasteiger partial charge in [-0.3, -0.25) is 4.79 Å². The lowest BCUT2D eigenvalue weighted by Gasteiger charge is -2.06. The van der Waals surface area contributed by atoms with Crippen LogP contribution in [0.3, 0.4) is 0 Å². The van der Waals surface area contributed by atoms with E-state index in [9.17, 15) is 13.6 Å². The molecule has 9 heteroatoms. The van der Waals surface area contributed by atoms with Crippen LogP contribution >= 0.6 is 23.1 Å². The lowest BCUT2D eigenvalue weighted by Crippen LogP contribution is -2.05. The van der Waals surface area contributed by atoms with Gasteiger partial charge in [-0.15, -0.1) is 10.2 Å². The van der Waals surface area contributed by atoms with Crippen LogP contribution in [0.15, 0.2) is 46.8 Å². The predicted molar refractivity (Wildman–Crippen MR) is 97.6 cm³/mol. The molecule has 0 saturated carbocycles. The first-order chi connectivity index (χ1) is 12.6. The third-order valence-electron chi connectivity index (χ3n) is 3.31. The van der Waals surface area contributed by atoms with Crippen molar-refractivity contribution < 1.29 is 18.3 Å². The number of para-hydroxylation sites is 1. The van der Waals surface area contributed by atoms with E-state index in [1.807, 2.05) is 0 Å². The first-order valence-electron chi connectivity index (χ1n) is 7.41. The molecule has 0 amide bonds. The highest BCUT2D eigenvalue weighted by Gasteiger charge is 2.15. The van der Waals surface area contributed by atoms with E-state index in [0.29, 0.717) is 20.9 Å². The Labute approximate surface area is 156 Å². The number of methoxy groups -OCH3 is 1. The molecule has 0 aliphatic rings. The Bertz CT molecular complexity index is 934. The molecule has 3 aromatic rings. The van der Waals surface area contributed by atoms with Crippen LogP contribution in [0, 0.1) is 11.6 Å². The van der Waals surface area contributed by atoms with Crippen molar-refractivity contribution in [2.45, 2.75) is 4.34 Å². The van der Waals surface area contributed by atoms with Gasteiger partial charge in [0, 0.05) is 0 Å². The zero-order chi connectivity index (χ0) is 18.5. The molecule has 0 saturated heterocycles. The van der Waals surface area contributed by atoms with E-state index in [0.717, 1.165) is 6.07 Å². The van der Waals surface area contributed by atoms with Crippen molar-refractivity contribution in [3.63, 3.8) is 0 Å². The molecule has 0 spiro atoms. The number of hydrogen-bond acceptors (Lipinski definition) is 7. The number of nitrogens with one attached hydrogen (secondary N) is 1. The van der Waals surface area contributed by atoms with Crippen molar-refractivity contribution in [3.8, 4) is 5.75 Å². The van der Waals surface area contributed by atoms with Crippen molar-refractivity contribution in [1.29, 1.82) is 0 Å². The minimum absolute atomic E-state index is 0.0497. The summed E-state index contributed by atoms with van der Waals surface area (Å²) in [5, 5.41) is 11.1. The Kier molecular flexibility index (Phi) is 5.79. The van der Waals surface area contributed by atoms with E-state index in [2.05, 4.69) is 15.5 Å². The van der Waals surface area contributed by atoms with Crippen LogP contribution in [0.2, 0.25) is 0 Å². The Morgan fingerprint density at radius 1 is 1.23 bits per heavy atom. The summed E-state index contributed by atoms with van der Waals surface area (Å²) in [7, 11) is 1.42. The first-order valence-corrected chi connectivity index (χ1v) is 9.21. The molecule has 1 aromatic heterocycles. The van der Waals surface area contributed by atoms with Gasteiger partial charge in [-0.1, -0.05) is 35.2 Å².